The molecule has 14 heteroatoms. The maximum Gasteiger partial charge on any atom is 0.225 e. The lowest BCUT2D eigenvalue weighted by Crippen LogP contribution is -2.55. The van der Waals surface area contributed by atoms with Crippen LogP contribution in [-0.4, -0.2) is 93.0 Å². The van der Waals surface area contributed by atoms with Crippen molar-refractivity contribution in [2.45, 2.75) is 129 Å². The van der Waals surface area contributed by atoms with Crippen LogP contribution in [0.2, 0.25) is 0 Å². The average Bonchev–Trinajstić information content (AvgIpc) is 2.95. The quantitative estimate of drug-likeness (QED) is 0.151. The Bertz CT molecular complexity index is 1120. The number of primary sulfonamides is 1. The molecular formula is C31H61N5O7S2. The minimum Gasteiger partial charge on any atom is -0.390 e. The van der Waals surface area contributed by atoms with Crippen LogP contribution in [0.1, 0.15) is 112 Å². The van der Waals surface area contributed by atoms with Gasteiger partial charge in [-0.05, 0) is 56.8 Å². The van der Waals surface area contributed by atoms with Gasteiger partial charge in [-0.2, -0.15) is 0 Å². The standard InChI is InChI=1S/C31H61N5O7S2/c1-6-14-35(15-7-2)31(39)26-18-25(19-27(20-26)45(32,42)43)30(38)33-28(17-24-12-10-9-11-13-24)29(37)21-36(16-8-3)34-44(40,41)22-23(4)5/h23-29,34,37H,6-22H2,1-5H3,(H,33,38)(H2,32,42,43). The van der Waals surface area contributed by atoms with Crippen LogP contribution in [0.25, 0.3) is 0 Å². The summed E-state index contributed by atoms with van der Waals surface area (Å²) in [6.07, 6.45) is 7.21. The summed E-state index contributed by atoms with van der Waals surface area (Å²) in [7, 11) is -7.62. The van der Waals surface area contributed by atoms with E-state index in [-0.39, 0.29) is 43.4 Å². The van der Waals surface area contributed by atoms with E-state index in [0.29, 0.717) is 38.4 Å². The zero-order valence-corrected chi connectivity index (χ0v) is 29.9. The van der Waals surface area contributed by atoms with Crippen molar-refractivity contribution >= 4 is 31.9 Å². The molecule has 5 N–H and O–H groups in total. The molecule has 0 spiro atoms. The highest BCUT2D eigenvalue weighted by Gasteiger charge is 2.42. The van der Waals surface area contributed by atoms with E-state index in [1.807, 2.05) is 34.6 Å². The number of nitrogens with two attached hydrogens (primary N) is 1. The molecule has 0 aromatic heterocycles. The highest BCUT2D eigenvalue weighted by molar-refractivity contribution is 7.89. The molecule has 0 aromatic rings. The molecule has 0 aliphatic heterocycles. The van der Waals surface area contributed by atoms with E-state index in [4.69, 9.17) is 5.14 Å². The molecule has 5 unspecified atom stereocenters. The summed E-state index contributed by atoms with van der Waals surface area (Å²) in [6, 6.07) is -0.671. The van der Waals surface area contributed by atoms with Crippen LogP contribution in [0.5, 0.6) is 0 Å². The van der Waals surface area contributed by atoms with Gasteiger partial charge in [-0.15, -0.1) is 4.83 Å². The molecule has 12 nitrogen and oxygen atoms in total. The van der Waals surface area contributed by atoms with E-state index in [0.717, 1.165) is 44.9 Å². The summed E-state index contributed by atoms with van der Waals surface area (Å²) in [4.78, 5) is 31.8. The molecular weight excluding hydrogens is 619 g/mol. The van der Waals surface area contributed by atoms with Crippen molar-refractivity contribution in [2.75, 3.05) is 31.9 Å². The largest absolute Gasteiger partial charge is 0.390 e. The second-order valence-electron chi connectivity index (χ2n) is 13.8. The van der Waals surface area contributed by atoms with Crippen LogP contribution >= 0.6 is 0 Å². The fourth-order valence-electron chi connectivity index (χ4n) is 6.95. The zero-order valence-electron chi connectivity index (χ0n) is 28.2. The van der Waals surface area contributed by atoms with Gasteiger partial charge < -0.3 is 15.3 Å². The number of amides is 2. The van der Waals surface area contributed by atoms with Crippen molar-refractivity contribution in [3.05, 3.63) is 0 Å². The second-order valence-corrected chi connectivity index (χ2v) is 17.4. The Morgan fingerprint density at radius 2 is 1.47 bits per heavy atom. The minimum atomic E-state index is -4.00. The first-order valence-corrected chi connectivity index (χ1v) is 20.4. The molecule has 2 amide bonds. The number of nitrogens with zero attached hydrogens (tertiary/aromatic N) is 2. The van der Waals surface area contributed by atoms with Gasteiger partial charge in [0.1, 0.15) is 0 Å². The normalized spacial score (nSPS) is 23.2. The Balaban J connectivity index is 2.29. The molecule has 2 aliphatic rings. The van der Waals surface area contributed by atoms with Crippen molar-refractivity contribution in [3.63, 3.8) is 0 Å². The SMILES string of the molecule is CCCN(CC(O)C(CC1CCCCC1)NC(=O)C1CC(C(=O)N(CCC)CCC)CC(S(N)(=O)=O)C1)NS(=O)(=O)CC(C)C. The Hall–Kier alpha value is -1.32. The molecule has 0 radical (unpaired) electrons. The van der Waals surface area contributed by atoms with Gasteiger partial charge in [0.2, 0.25) is 31.9 Å². The first kappa shape index (κ1) is 39.9. The predicted octanol–water partition coefficient (Wildman–Crippen LogP) is 2.73. The number of hydrogen-bond acceptors (Lipinski definition) is 8. The van der Waals surface area contributed by atoms with Crippen molar-refractivity contribution in [2.24, 2.45) is 28.8 Å². The number of aliphatic hydroxyl groups excluding tert-OH is 1. The van der Waals surface area contributed by atoms with Gasteiger partial charge in [-0.1, -0.05) is 66.7 Å². The molecule has 2 rings (SSSR count). The number of carbonyl (C=O) groups excluding carboxylic acids is 2. The van der Waals surface area contributed by atoms with E-state index < -0.39 is 55.2 Å². The topological polar surface area (TPSA) is 179 Å². The Morgan fingerprint density at radius 3 is 2.00 bits per heavy atom. The summed E-state index contributed by atoms with van der Waals surface area (Å²) in [5.74, 6) is -1.78. The van der Waals surface area contributed by atoms with Crippen LogP contribution in [0.4, 0.5) is 0 Å². The van der Waals surface area contributed by atoms with Crippen LogP contribution < -0.4 is 15.3 Å². The number of nitrogens with one attached hydrogen (secondary N) is 2. The minimum absolute atomic E-state index is 0.0131. The number of carbonyl (C=O) groups is 2. The number of aliphatic hydroxyl groups is 1. The van der Waals surface area contributed by atoms with E-state index in [9.17, 15) is 31.5 Å². The molecule has 0 heterocycles. The van der Waals surface area contributed by atoms with Crippen LogP contribution in [0, 0.1) is 23.7 Å². The van der Waals surface area contributed by atoms with Crippen LogP contribution in [0.15, 0.2) is 0 Å². The fraction of sp³-hybridized carbons (Fsp3) is 0.935. The third-order valence-corrected chi connectivity index (χ3v) is 11.9. The number of hydrazine groups is 1. The van der Waals surface area contributed by atoms with Crippen molar-refractivity contribution in [3.8, 4) is 0 Å². The Morgan fingerprint density at radius 1 is 0.889 bits per heavy atom. The Kier molecular flexibility index (Phi) is 16.7. The maximum absolute atomic E-state index is 13.9. The lowest BCUT2D eigenvalue weighted by molar-refractivity contribution is -0.138. The summed E-state index contributed by atoms with van der Waals surface area (Å²) in [6.45, 7) is 11.0. The van der Waals surface area contributed by atoms with Gasteiger partial charge in [0, 0.05) is 38.0 Å². The molecule has 5 atom stereocenters. The lowest BCUT2D eigenvalue weighted by atomic mass is 9.79. The van der Waals surface area contributed by atoms with Crippen LogP contribution in [-0.2, 0) is 29.6 Å². The summed E-state index contributed by atoms with van der Waals surface area (Å²) in [5.41, 5.74) is 0. The van der Waals surface area contributed by atoms with E-state index in [2.05, 4.69) is 10.1 Å². The first-order chi connectivity index (χ1) is 21.1. The molecule has 45 heavy (non-hydrogen) atoms. The van der Waals surface area contributed by atoms with Gasteiger partial charge >= 0.3 is 0 Å². The molecule has 264 valence electrons. The van der Waals surface area contributed by atoms with E-state index in [1.165, 1.54) is 5.01 Å². The summed E-state index contributed by atoms with van der Waals surface area (Å²) in [5, 5.41) is 20.6. The predicted molar refractivity (Wildman–Crippen MR) is 178 cm³/mol. The van der Waals surface area contributed by atoms with Gasteiger partial charge in [-0.3, -0.25) is 9.59 Å². The number of sulfonamides is 2. The third-order valence-electron chi connectivity index (χ3n) is 8.97. The average molecular weight is 680 g/mol. The molecule has 2 saturated carbocycles. The monoisotopic (exact) mass is 679 g/mol. The van der Waals surface area contributed by atoms with E-state index >= 15 is 0 Å². The van der Waals surface area contributed by atoms with Gasteiger partial charge in [0.25, 0.3) is 0 Å². The Labute approximate surface area is 272 Å². The second kappa shape index (κ2) is 18.9. The molecule has 0 saturated heterocycles. The lowest BCUT2D eigenvalue weighted by Gasteiger charge is -2.37. The number of rotatable bonds is 19. The smallest absolute Gasteiger partial charge is 0.225 e. The highest BCUT2D eigenvalue weighted by Crippen LogP contribution is 2.35. The molecule has 2 aliphatic carbocycles. The molecule has 0 aromatic carbocycles. The van der Waals surface area contributed by atoms with Crippen molar-refractivity contribution in [1.29, 1.82) is 0 Å². The number of hydrogen-bond donors (Lipinski definition) is 4. The van der Waals surface area contributed by atoms with Gasteiger partial charge in [0.05, 0.1) is 23.1 Å². The molecule has 0 bridgehead atoms. The summed E-state index contributed by atoms with van der Waals surface area (Å²) >= 11 is 0. The third kappa shape index (κ3) is 13.7. The molecule has 2 fully saturated rings. The van der Waals surface area contributed by atoms with Gasteiger partial charge in [-0.25, -0.2) is 27.0 Å². The van der Waals surface area contributed by atoms with Crippen molar-refractivity contribution < 1.29 is 31.5 Å². The van der Waals surface area contributed by atoms with Crippen molar-refractivity contribution in [1.82, 2.24) is 20.1 Å². The maximum atomic E-state index is 13.9. The zero-order chi connectivity index (χ0) is 33.8. The highest BCUT2D eigenvalue weighted by atomic mass is 32.2. The van der Waals surface area contributed by atoms with Gasteiger partial charge in [0.15, 0.2) is 0 Å². The van der Waals surface area contributed by atoms with Crippen LogP contribution in [0.3, 0.4) is 0 Å². The van der Waals surface area contributed by atoms with E-state index in [1.54, 1.807) is 4.90 Å². The fourth-order valence-corrected chi connectivity index (χ4v) is 9.46. The summed E-state index contributed by atoms with van der Waals surface area (Å²) < 4.78 is 50.5. The first-order valence-electron chi connectivity index (χ1n) is 17.1.